The number of fused-ring (bicyclic) bond motifs is 1. The zero-order chi connectivity index (χ0) is 17.1. The molecule has 0 unspecified atom stereocenters. The van der Waals surface area contributed by atoms with Crippen LogP contribution in [0.25, 0.3) is 0 Å². The summed E-state index contributed by atoms with van der Waals surface area (Å²) in [6.07, 6.45) is 3.10. The van der Waals surface area contributed by atoms with Gasteiger partial charge in [0.2, 0.25) is 0 Å². The fourth-order valence-electron chi connectivity index (χ4n) is 2.98. The molecular weight excluding hydrogens is 391 g/mol. The number of rotatable bonds is 3. The second-order valence-electron chi connectivity index (χ2n) is 5.73. The van der Waals surface area contributed by atoms with E-state index < -0.39 is 0 Å². The number of nitrogens with one attached hydrogen (secondary N) is 2. The molecule has 1 aliphatic rings. The van der Waals surface area contributed by atoms with Gasteiger partial charge in [-0.2, -0.15) is 0 Å². The molecule has 2 aromatic rings. The van der Waals surface area contributed by atoms with Crippen LogP contribution in [0.3, 0.4) is 0 Å². The highest BCUT2D eigenvalue weighted by Gasteiger charge is 2.21. The minimum atomic E-state index is -0.345. The fraction of sp³-hybridized carbons (Fsp3) is 0.278. The van der Waals surface area contributed by atoms with E-state index in [9.17, 15) is 4.39 Å². The number of hydrogen-bond donors (Lipinski definition) is 2. The first-order valence-corrected chi connectivity index (χ1v) is 8.96. The highest BCUT2D eigenvalue weighted by atomic mass is 79.9. The molecule has 2 aromatic carbocycles. The molecule has 0 aliphatic heterocycles. The van der Waals surface area contributed by atoms with Gasteiger partial charge in [0.25, 0.3) is 0 Å². The van der Waals surface area contributed by atoms with Crippen LogP contribution in [0.5, 0.6) is 5.75 Å². The standard InChI is InChI=1S/C18H18BrFN2OS/c1-23-13-6-7-14-11(9-13)3-2-4-16(14)21-18(24)22-17-8-5-12(19)10-15(17)20/h5-10,16H,2-4H2,1H3,(H2,21,22,24)/t16-/m0/s1. The third-order valence-electron chi connectivity index (χ3n) is 4.15. The number of benzene rings is 2. The summed E-state index contributed by atoms with van der Waals surface area (Å²) in [5.41, 5.74) is 2.86. The van der Waals surface area contributed by atoms with Crippen LogP contribution < -0.4 is 15.4 Å². The van der Waals surface area contributed by atoms with Gasteiger partial charge in [-0.25, -0.2) is 4.39 Å². The molecule has 0 spiro atoms. The van der Waals surface area contributed by atoms with Crippen molar-refractivity contribution < 1.29 is 9.13 Å². The molecular formula is C18H18BrFN2OS. The Hall–Kier alpha value is -1.66. The van der Waals surface area contributed by atoms with Gasteiger partial charge in [0.15, 0.2) is 5.11 Å². The average Bonchev–Trinajstić information content (AvgIpc) is 2.57. The van der Waals surface area contributed by atoms with Gasteiger partial charge in [-0.1, -0.05) is 22.0 Å². The molecule has 126 valence electrons. The summed E-state index contributed by atoms with van der Waals surface area (Å²) in [5, 5.41) is 6.66. The zero-order valence-electron chi connectivity index (χ0n) is 13.2. The SMILES string of the molecule is COc1ccc2c(c1)CCC[C@@H]2NC(=S)Nc1ccc(Br)cc1F. The van der Waals surface area contributed by atoms with Crippen LogP contribution in [0.15, 0.2) is 40.9 Å². The second kappa shape index (κ2) is 7.49. The predicted molar refractivity (Wildman–Crippen MR) is 102 cm³/mol. The van der Waals surface area contributed by atoms with Crippen LogP contribution >= 0.6 is 28.1 Å². The van der Waals surface area contributed by atoms with Gasteiger partial charge in [0.05, 0.1) is 18.8 Å². The van der Waals surface area contributed by atoms with E-state index >= 15 is 0 Å². The zero-order valence-corrected chi connectivity index (χ0v) is 15.6. The first-order valence-electron chi connectivity index (χ1n) is 7.76. The molecule has 24 heavy (non-hydrogen) atoms. The van der Waals surface area contributed by atoms with Gasteiger partial charge in [-0.05, 0) is 72.9 Å². The van der Waals surface area contributed by atoms with E-state index in [1.165, 1.54) is 17.2 Å². The molecule has 0 amide bonds. The summed E-state index contributed by atoms with van der Waals surface area (Å²) in [6.45, 7) is 0. The van der Waals surface area contributed by atoms with Crippen molar-refractivity contribution in [2.45, 2.75) is 25.3 Å². The molecule has 2 N–H and O–H groups in total. The van der Waals surface area contributed by atoms with Crippen LogP contribution in [0.2, 0.25) is 0 Å². The lowest BCUT2D eigenvalue weighted by Crippen LogP contribution is -2.34. The second-order valence-corrected chi connectivity index (χ2v) is 7.06. The van der Waals surface area contributed by atoms with Crippen LogP contribution in [0.4, 0.5) is 10.1 Å². The van der Waals surface area contributed by atoms with Crippen LogP contribution in [0.1, 0.15) is 30.0 Å². The number of aryl methyl sites for hydroxylation is 1. The smallest absolute Gasteiger partial charge is 0.171 e. The first kappa shape index (κ1) is 17.2. The summed E-state index contributed by atoms with van der Waals surface area (Å²) in [7, 11) is 1.67. The normalized spacial score (nSPS) is 16.2. The van der Waals surface area contributed by atoms with Gasteiger partial charge >= 0.3 is 0 Å². The molecule has 0 heterocycles. The Morgan fingerprint density at radius 3 is 2.88 bits per heavy atom. The lowest BCUT2D eigenvalue weighted by molar-refractivity contribution is 0.412. The molecule has 6 heteroatoms. The van der Waals surface area contributed by atoms with E-state index in [0.717, 1.165) is 25.0 Å². The van der Waals surface area contributed by atoms with E-state index in [1.54, 1.807) is 19.2 Å². The Bertz CT molecular complexity index is 769. The molecule has 0 bridgehead atoms. The van der Waals surface area contributed by atoms with Crippen LogP contribution in [-0.4, -0.2) is 12.2 Å². The van der Waals surface area contributed by atoms with Crippen molar-refractivity contribution in [2.24, 2.45) is 0 Å². The average molecular weight is 409 g/mol. The predicted octanol–water partition coefficient (Wildman–Crippen LogP) is 4.96. The first-order chi connectivity index (χ1) is 11.6. The largest absolute Gasteiger partial charge is 0.497 e. The Kier molecular flexibility index (Phi) is 5.36. The summed E-state index contributed by atoms with van der Waals surface area (Å²) >= 11 is 8.61. The highest BCUT2D eigenvalue weighted by Crippen LogP contribution is 2.32. The Labute approximate surface area is 154 Å². The van der Waals surface area contributed by atoms with E-state index in [-0.39, 0.29) is 11.9 Å². The summed E-state index contributed by atoms with van der Waals surface area (Å²) < 4.78 is 19.9. The third kappa shape index (κ3) is 3.87. The summed E-state index contributed by atoms with van der Waals surface area (Å²) in [6, 6.07) is 11.1. The van der Waals surface area contributed by atoms with Gasteiger partial charge in [0.1, 0.15) is 11.6 Å². The van der Waals surface area contributed by atoms with Gasteiger partial charge in [-0.15, -0.1) is 0 Å². The van der Waals surface area contributed by atoms with Crippen molar-refractivity contribution in [1.82, 2.24) is 5.32 Å². The van der Waals surface area contributed by atoms with Crippen molar-refractivity contribution in [3.63, 3.8) is 0 Å². The summed E-state index contributed by atoms with van der Waals surface area (Å²) in [5.74, 6) is 0.523. The minimum Gasteiger partial charge on any atom is -0.497 e. The molecule has 1 atom stereocenters. The number of anilines is 1. The molecule has 0 saturated heterocycles. The van der Waals surface area contributed by atoms with Gasteiger partial charge in [0, 0.05) is 4.47 Å². The molecule has 0 aromatic heterocycles. The van der Waals surface area contributed by atoms with E-state index in [0.29, 0.717) is 15.3 Å². The lowest BCUT2D eigenvalue weighted by atomic mass is 9.87. The maximum absolute atomic E-state index is 13.9. The van der Waals surface area contributed by atoms with Crippen molar-refractivity contribution in [1.29, 1.82) is 0 Å². The lowest BCUT2D eigenvalue weighted by Gasteiger charge is -2.28. The molecule has 0 radical (unpaired) electrons. The number of hydrogen-bond acceptors (Lipinski definition) is 2. The maximum atomic E-state index is 13.9. The van der Waals surface area contributed by atoms with Crippen LogP contribution in [-0.2, 0) is 6.42 Å². The molecule has 3 rings (SSSR count). The Morgan fingerprint density at radius 1 is 1.29 bits per heavy atom. The summed E-state index contributed by atoms with van der Waals surface area (Å²) in [4.78, 5) is 0. The molecule has 1 aliphatic carbocycles. The number of ether oxygens (including phenoxy) is 1. The molecule has 3 nitrogen and oxygen atoms in total. The minimum absolute atomic E-state index is 0.123. The molecule has 0 saturated carbocycles. The topological polar surface area (TPSA) is 33.3 Å². The quantitative estimate of drug-likeness (QED) is 0.703. The van der Waals surface area contributed by atoms with E-state index in [1.807, 2.05) is 6.07 Å². The van der Waals surface area contributed by atoms with Crippen molar-refractivity contribution in [3.05, 3.63) is 57.8 Å². The Morgan fingerprint density at radius 2 is 2.12 bits per heavy atom. The highest BCUT2D eigenvalue weighted by molar-refractivity contribution is 9.10. The fourth-order valence-corrected chi connectivity index (χ4v) is 3.56. The number of thiocarbonyl (C=S) groups is 1. The van der Waals surface area contributed by atoms with E-state index in [4.69, 9.17) is 17.0 Å². The monoisotopic (exact) mass is 408 g/mol. The number of halogens is 2. The number of methoxy groups -OCH3 is 1. The van der Waals surface area contributed by atoms with Crippen molar-refractivity contribution in [3.8, 4) is 5.75 Å². The van der Waals surface area contributed by atoms with Gasteiger partial charge in [-0.3, -0.25) is 0 Å². The van der Waals surface area contributed by atoms with Gasteiger partial charge < -0.3 is 15.4 Å². The van der Waals surface area contributed by atoms with Crippen molar-refractivity contribution >= 4 is 38.9 Å². The molecule has 0 fully saturated rings. The Balaban J connectivity index is 1.71. The van der Waals surface area contributed by atoms with Crippen LogP contribution in [0, 0.1) is 5.82 Å². The van der Waals surface area contributed by atoms with Crippen molar-refractivity contribution in [2.75, 3.05) is 12.4 Å². The van der Waals surface area contributed by atoms with E-state index in [2.05, 4.69) is 38.7 Å². The maximum Gasteiger partial charge on any atom is 0.171 e. The third-order valence-corrected chi connectivity index (χ3v) is 4.86.